The van der Waals surface area contributed by atoms with Crippen LogP contribution in [-0.4, -0.2) is 55.2 Å². The van der Waals surface area contributed by atoms with Crippen molar-refractivity contribution in [1.29, 1.82) is 0 Å². The first kappa shape index (κ1) is 25.3. The van der Waals surface area contributed by atoms with Crippen LogP contribution in [0.1, 0.15) is 41.9 Å². The van der Waals surface area contributed by atoms with Gasteiger partial charge < -0.3 is 9.30 Å². The number of aryl methyl sites for hydroxylation is 2. The van der Waals surface area contributed by atoms with Crippen LogP contribution in [0.5, 0.6) is 5.75 Å². The van der Waals surface area contributed by atoms with Gasteiger partial charge >= 0.3 is 0 Å². The summed E-state index contributed by atoms with van der Waals surface area (Å²) in [7, 11) is -1.91. The summed E-state index contributed by atoms with van der Waals surface area (Å²) in [5.41, 5.74) is 3.96. The van der Waals surface area contributed by atoms with Crippen molar-refractivity contribution in [2.45, 2.75) is 49.1 Å². The number of likely N-dealkylation sites (tertiary alicyclic amines) is 1. The van der Waals surface area contributed by atoms with E-state index in [9.17, 15) is 8.42 Å². The van der Waals surface area contributed by atoms with Gasteiger partial charge in [-0.1, -0.05) is 29.8 Å². The molecular formula is C27H33ClN4O3S. The summed E-state index contributed by atoms with van der Waals surface area (Å²) in [6.07, 6.45) is 8.63. The molecule has 0 spiro atoms. The number of fused-ring (bicyclic) bond motifs is 1. The second-order valence-corrected chi connectivity index (χ2v) is 11.9. The van der Waals surface area contributed by atoms with Gasteiger partial charge in [0, 0.05) is 36.8 Å². The van der Waals surface area contributed by atoms with Crippen LogP contribution in [0, 0.1) is 0 Å². The first-order chi connectivity index (χ1) is 17.4. The van der Waals surface area contributed by atoms with Crippen LogP contribution in [-0.2, 0) is 29.9 Å². The summed E-state index contributed by atoms with van der Waals surface area (Å²) in [5.74, 6) is 1.13. The molecule has 1 N–H and O–H groups in total. The normalized spacial score (nSPS) is 20.4. The Bertz CT molecular complexity index is 1300. The van der Waals surface area contributed by atoms with Crippen molar-refractivity contribution >= 4 is 21.6 Å². The van der Waals surface area contributed by atoms with E-state index < -0.39 is 10.0 Å². The molecule has 1 aliphatic heterocycles. The first-order valence-electron chi connectivity index (χ1n) is 12.6. The topological polar surface area (TPSA) is 76.5 Å². The number of imidazole rings is 1. The van der Waals surface area contributed by atoms with Gasteiger partial charge in [0.25, 0.3) is 10.0 Å². The van der Waals surface area contributed by atoms with Crippen molar-refractivity contribution in [3.05, 3.63) is 76.7 Å². The number of halogens is 1. The summed E-state index contributed by atoms with van der Waals surface area (Å²) in [5, 5.41) is 0.780. The van der Waals surface area contributed by atoms with Crippen LogP contribution in [0.2, 0.25) is 5.02 Å². The monoisotopic (exact) mass is 528 g/mol. The third-order valence-corrected chi connectivity index (χ3v) is 8.85. The number of nitrogens with one attached hydrogen (secondary N) is 1. The molecule has 0 radical (unpaired) electrons. The Balaban J connectivity index is 1.30. The zero-order valence-electron chi connectivity index (χ0n) is 20.6. The molecule has 3 aromatic rings. The molecule has 192 valence electrons. The first-order valence-corrected chi connectivity index (χ1v) is 14.5. The summed E-state index contributed by atoms with van der Waals surface area (Å²) in [6, 6.07) is 15.0. The summed E-state index contributed by atoms with van der Waals surface area (Å²) >= 11 is 6.31. The molecule has 0 bridgehead atoms. The van der Waals surface area contributed by atoms with E-state index in [1.807, 2.05) is 18.2 Å². The SMILES string of the molecule is Cn1cnc(S(=O)(=O)NCCOc2ccc3c(c2)C(Cc2cccc(Cl)c2)C(N2CCCC2)CC3)c1. The van der Waals surface area contributed by atoms with Crippen LogP contribution in [0.4, 0.5) is 0 Å². The predicted octanol–water partition coefficient (Wildman–Crippen LogP) is 4.17. The Morgan fingerprint density at radius 1 is 1.17 bits per heavy atom. The molecule has 36 heavy (non-hydrogen) atoms. The second-order valence-electron chi connectivity index (χ2n) is 9.77. The minimum absolute atomic E-state index is 0.00981. The molecule has 0 amide bonds. The largest absolute Gasteiger partial charge is 0.492 e. The quantitative estimate of drug-likeness (QED) is 0.422. The molecule has 9 heteroatoms. The summed E-state index contributed by atoms with van der Waals surface area (Å²) < 4.78 is 35.0. The molecule has 2 aromatic carbocycles. The smallest absolute Gasteiger partial charge is 0.259 e. The Hall–Kier alpha value is -2.39. The number of ether oxygens (including phenoxy) is 1. The molecular weight excluding hydrogens is 496 g/mol. The van der Waals surface area contributed by atoms with Gasteiger partial charge in [-0.05, 0) is 86.1 Å². The number of aromatic nitrogens is 2. The van der Waals surface area contributed by atoms with Gasteiger partial charge in [-0.3, -0.25) is 4.90 Å². The van der Waals surface area contributed by atoms with E-state index in [2.05, 4.69) is 38.9 Å². The highest BCUT2D eigenvalue weighted by atomic mass is 35.5. The maximum absolute atomic E-state index is 12.4. The summed E-state index contributed by atoms with van der Waals surface area (Å²) in [4.78, 5) is 6.58. The fraction of sp³-hybridized carbons (Fsp3) is 0.444. The molecule has 0 saturated carbocycles. The van der Waals surface area contributed by atoms with E-state index in [1.165, 1.54) is 55.1 Å². The lowest BCUT2D eigenvalue weighted by Gasteiger charge is -2.39. The van der Waals surface area contributed by atoms with Crippen LogP contribution in [0.15, 0.2) is 60.0 Å². The van der Waals surface area contributed by atoms with E-state index in [0.29, 0.717) is 12.0 Å². The molecule has 1 aliphatic carbocycles. The van der Waals surface area contributed by atoms with Crippen LogP contribution < -0.4 is 9.46 Å². The van der Waals surface area contributed by atoms with Crippen molar-refractivity contribution in [3.63, 3.8) is 0 Å². The minimum Gasteiger partial charge on any atom is -0.492 e. The van der Waals surface area contributed by atoms with Crippen molar-refractivity contribution < 1.29 is 13.2 Å². The molecule has 5 rings (SSSR count). The van der Waals surface area contributed by atoms with Gasteiger partial charge in [0.1, 0.15) is 12.4 Å². The van der Waals surface area contributed by atoms with E-state index in [1.54, 1.807) is 11.6 Å². The zero-order valence-corrected chi connectivity index (χ0v) is 22.1. The van der Waals surface area contributed by atoms with Gasteiger partial charge in [-0.15, -0.1) is 0 Å². The number of hydrogen-bond acceptors (Lipinski definition) is 5. The molecule has 2 heterocycles. The fourth-order valence-electron chi connectivity index (χ4n) is 5.57. The molecule has 1 saturated heterocycles. The number of benzene rings is 2. The van der Waals surface area contributed by atoms with Gasteiger partial charge in [0.05, 0.1) is 6.33 Å². The van der Waals surface area contributed by atoms with E-state index in [0.717, 1.165) is 30.0 Å². The maximum atomic E-state index is 12.4. The van der Waals surface area contributed by atoms with Gasteiger partial charge in [0.2, 0.25) is 0 Å². The highest BCUT2D eigenvalue weighted by Gasteiger charge is 2.35. The second kappa shape index (κ2) is 10.9. The molecule has 2 atom stereocenters. The van der Waals surface area contributed by atoms with Crippen LogP contribution in [0.25, 0.3) is 0 Å². The summed E-state index contributed by atoms with van der Waals surface area (Å²) in [6.45, 7) is 2.73. The molecule has 1 fully saturated rings. The number of nitrogens with zero attached hydrogens (tertiary/aromatic N) is 3. The Morgan fingerprint density at radius 2 is 2.00 bits per heavy atom. The standard InChI is InChI=1S/C27H33ClN4O3S/c1-31-18-27(29-19-31)36(33,34)30-11-14-35-23-9-7-21-8-10-26(32-12-2-3-13-32)25(24(21)17-23)16-20-5-4-6-22(28)15-20/h4-7,9,15,17-19,25-26,30H,2-3,8,10-14,16H2,1H3. The van der Waals surface area contributed by atoms with Crippen molar-refractivity contribution in [3.8, 4) is 5.75 Å². The Labute approximate surface area is 218 Å². The third-order valence-electron chi connectivity index (χ3n) is 7.26. The average Bonchev–Trinajstić information content (AvgIpc) is 3.55. The molecule has 1 aromatic heterocycles. The zero-order chi connectivity index (χ0) is 25.1. The van der Waals surface area contributed by atoms with Crippen molar-refractivity contribution in [2.24, 2.45) is 7.05 Å². The van der Waals surface area contributed by atoms with Gasteiger partial charge in [0.15, 0.2) is 5.03 Å². The van der Waals surface area contributed by atoms with Crippen molar-refractivity contribution in [2.75, 3.05) is 26.2 Å². The average molecular weight is 529 g/mol. The highest BCUT2D eigenvalue weighted by Crippen LogP contribution is 2.40. The van der Waals surface area contributed by atoms with Crippen LogP contribution in [0.3, 0.4) is 0 Å². The minimum atomic E-state index is -3.65. The van der Waals surface area contributed by atoms with Gasteiger partial charge in [-0.25, -0.2) is 18.1 Å². The van der Waals surface area contributed by atoms with E-state index in [-0.39, 0.29) is 18.2 Å². The van der Waals surface area contributed by atoms with Gasteiger partial charge in [-0.2, -0.15) is 0 Å². The number of hydrogen-bond donors (Lipinski definition) is 1. The fourth-order valence-corrected chi connectivity index (χ4v) is 6.77. The van der Waals surface area contributed by atoms with Crippen molar-refractivity contribution in [1.82, 2.24) is 19.2 Å². The Morgan fingerprint density at radius 3 is 2.75 bits per heavy atom. The lowest BCUT2D eigenvalue weighted by atomic mass is 9.75. The van der Waals surface area contributed by atoms with E-state index >= 15 is 0 Å². The maximum Gasteiger partial charge on any atom is 0.259 e. The Kier molecular flexibility index (Phi) is 7.67. The number of rotatable bonds is 9. The predicted molar refractivity (Wildman–Crippen MR) is 141 cm³/mol. The lowest BCUT2D eigenvalue weighted by molar-refractivity contribution is 0.188. The van der Waals surface area contributed by atoms with E-state index in [4.69, 9.17) is 16.3 Å². The lowest BCUT2D eigenvalue weighted by Crippen LogP contribution is -2.41. The molecule has 2 unspecified atom stereocenters. The molecule has 7 nitrogen and oxygen atoms in total. The number of sulfonamides is 1. The molecule has 2 aliphatic rings. The van der Waals surface area contributed by atoms with Crippen LogP contribution >= 0.6 is 11.6 Å². The third kappa shape index (κ3) is 5.78. The highest BCUT2D eigenvalue weighted by molar-refractivity contribution is 7.89.